The summed E-state index contributed by atoms with van der Waals surface area (Å²) in [5.74, 6) is -0.398. The first-order valence-corrected chi connectivity index (χ1v) is 8.49. The second kappa shape index (κ2) is 5.98. The fraction of sp³-hybridized carbons (Fsp3) is 0.421. The van der Waals surface area contributed by atoms with Crippen molar-refractivity contribution in [2.24, 2.45) is 5.92 Å². The molecule has 2 aliphatic rings. The topological polar surface area (TPSA) is 65.6 Å². The number of esters is 1. The quantitative estimate of drug-likeness (QED) is 0.506. The Balaban J connectivity index is 1.69. The number of hydrogen-bond donors (Lipinski definition) is 2. The van der Waals surface area contributed by atoms with Crippen molar-refractivity contribution in [2.75, 3.05) is 20.2 Å². The monoisotopic (exact) mass is 326 g/mol. The van der Waals surface area contributed by atoms with Gasteiger partial charge in [0.15, 0.2) is 0 Å². The minimum absolute atomic E-state index is 0.0288. The molecule has 0 spiro atoms. The Hall–Kier alpha value is -2.27. The Morgan fingerprint density at radius 1 is 1.38 bits per heavy atom. The summed E-state index contributed by atoms with van der Waals surface area (Å²) in [6.45, 7) is 1.97. The van der Waals surface area contributed by atoms with Gasteiger partial charge in [-0.05, 0) is 43.4 Å². The van der Waals surface area contributed by atoms with Crippen molar-refractivity contribution in [1.29, 1.82) is 0 Å². The number of benzene rings is 1. The Morgan fingerprint density at radius 2 is 2.21 bits per heavy atom. The van der Waals surface area contributed by atoms with E-state index in [-0.39, 0.29) is 12.0 Å². The highest BCUT2D eigenvalue weighted by atomic mass is 16.5. The van der Waals surface area contributed by atoms with Gasteiger partial charge in [-0.3, -0.25) is 4.90 Å². The number of hydrogen-bond acceptors (Lipinski definition) is 4. The molecule has 0 radical (unpaired) electrons. The minimum atomic E-state index is -0.427. The predicted octanol–water partition coefficient (Wildman–Crippen LogP) is 3.09. The Kier molecular flexibility index (Phi) is 3.81. The lowest BCUT2D eigenvalue weighted by molar-refractivity contribution is -0.137. The van der Waals surface area contributed by atoms with Crippen LogP contribution in [0.2, 0.25) is 0 Å². The van der Waals surface area contributed by atoms with Gasteiger partial charge in [-0.1, -0.05) is 18.2 Å². The van der Waals surface area contributed by atoms with Gasteiger partial charge in [-0.25, -0.2) is 4.79 Å². The zero-order valence-electron chi connectivity index (χ0n) is 13.8. The standard InChI is InChI=1S/C19H22N2O3/c1-24-19(23)15(11-22)12-6-8-21-9-7-14-13-4-2-3-5-16(13)20-18(14)17(21)10-12/h2-5,11-12,17,20,22H,6-10H2,1H3/b15-11+/t12-,17+/m1/s1. The number of ether oxygens (including phenoxy) is 1. The second-order valence-corrected chi connectivity index (χ2v) is 6.66. The molecule has 1 fully saturated rings. The molecule has 0 unspecified atom stereocenters. The molecule has 1 aromatic carbocycles. The third-order valence-electron chi connectivity index (χ3n) is 5.54. The first kappa shape index (κ1) is 15.3. The van der Waals surface area contributed by atoms with Gasteiger partial charge in [-0.15, -0.1) is 0 Å². The zero-order valence-corrected chi connectivity index (χ0v) is 13.8. The van der Waals surface area contributed by atoms with Crippen molar-refractivity contribution in [3.8, 4) is 0 Å². The van der Waals surface area contributed by atoms with Crippen LogP contribution in [-0.4, -0.2) is 41.2 Å². The fourth-order valence-corrected chi connectivity index (χ4v) is 4.34. The molecule has 5 nitrogen and oxygen atoms in total. The number of nitrogens with zero attached hydrogens (tertiary/aromatic N) is 1. The number of carbonyl (C=O) groups excluding carboxylic acids is 1. The molecule has 24 heavy (non-hydrogen) atoms. The van der Waals surface area contributed by atoms with Crippen LogP contribution in [-0.2, 0) is 16.0 Å². The van der Waals surface area contributed by atoms with E-state index in [1.54, 1.807) is 0 Å². The average molecular weight is 326 g/mol. The molecule has 2 aliphatic heterocycles. The maximum atomic E-state index is 11.9. The van der Waals surface area contributed by atoms with E-state index in [9.17, 15) is 9.90 Å². The number of nitrogens with one attached hydrogen (secondary N) is 1. The summed E-state index contributed by atoms with van der Waals surface area (Å²) in [4.78, 5) is 18.0. The molecule has 2 aromatic rings. The van der Waals surface area contributed by atoms with Crippen molar-refractivity contribution < 1.29 is 14.6 Å². The number of carbonyl (C=O) groups is 1. The maximum Gasteiger partial charge on any atom is 0.337 e. The lowest BCUT2D eigenvalue weighted by Crippen LogP contribution is -2.42. The van der Waals surface area contributed by atoms with Crippen LogP contribution in [0.3, 0.4) is 0 Å². The normalized spacial score (nSPS) is 24.5. The van der Waals surface area contributed by atoms with Crippen LogP contribution in [0, 0.1) is 5.92 Å². The van der Waals surface area contributed by atoms with Crippen molar-refractivity contribution in [1.82, 2.24) is 9.88 Å². The van der Waals surface area contributed by atoms with E-state index in [4.69, 9.17) is 4.74 Å². The van der Waals surface area contributed by atoms with Crippen LogP contribution in [0.5, 0.6) is 0 Å². The lowest BCUT2D eigenvalue weighted by Gasteiger charge is -2.42. The van der Waals surface area contributed by atoms with E-state index in [1.807, 2.05) is 0 Å². The van der Waals surface area contributed by atoms with Gasteiger partial charge in [0, 0.05) is 23.1 Å². The molecule has 0 saturated carbocycles. The van der Waals surface area contributed by atoms with Crippen LogP contribution in [0.15, 0.2) is 36.1 Å². The summed E-state index contributed by atoms with van der Waals surface area (Å²) in [7, 11) is 1.36. The Morgan fingerprint density at radius 3 is 3.00 bits per heavy atom. The molecule has 2 N–H and O–H groups in total. The Bertz CT molecular complexity index is 808. The van der Waals surface area contributed by atoms with Gasteiger partial charge >= 0.3 is 5.97 Å². The van der Waals surface area contributed by atoms with E-state index in [0.717, 1.165) is 38.6 Å². The molecule has 0 amide bonds. The highest BCUT2D eigenvalue weighted by Crippen LogP contribution is 2.42. The maximum absolute atomic E-state index is 11.9. The van der Waals surface area contributed by atoms with Gasteiger partial charge < -0.3 is 14.8 Å². The smallest absolute Gasteiger partial charge is 0.337 e. The molecule has 0 aliphatic carbocycles. The van der Waals surface area contributed by atoms with E-state index in [1.165, 1.54) is 29.3 Å². The number of piperidine rings is 1. The first-order valence-electron chi connectivity index (χ1n) is 8.49. The molecule has 126 valence electrons. The lowest BCUT2D eigenvalue weighted by atomic mass is 9.81. The van der Waals surface area contributed by atoms with E-state index in [0.29, 0.717) is 5.57 Å². The number of para-hydroxylation sites is 1. The van der Waals surface area contributed by atoms with Crippen molar-refractivity contribution >= 4 is 16.9 Å². The molecular weight excluding hydrogens is 304 g/mol. The molecule has 5 heteroatoms. The number of rotatable bonds is 2. The van der Waals surface area contributed by atoms with Crippen LogP contribution in [0.25, 0.3) is 10.9 Å². The third-order valence-corrected chi connectivity index (χ3v) is 5.54. The van der Waals surface area contributed by atoms with Crippen molar-refractivity contribution in [3.05, 3.63) is 47.4 Å². The summed E-state index contributed by atoms with van der Waals surface area (Å²) in [5.41, 5.74) is 4.24. The highest BCUT2D eigenvalue weighted by Gasteiger charge is 2.38. The number of aliphatic hydroxyl groups excluding tert-OH is 1. The predicted molar refractivity (Wildman–Crippen MR) is 91.8 cm³/mol. The van der Waals surface area contributed by atoms with E-state index < -0.39 is 5.97 Å². The van der Waals surface area contributed by atoms with Crippen LogP contribution in [0.1, 0.15) is 30.1 Å². The molecule has 3 heterocycles. The minimum Gasteiger partial charge on any atom is -0.515 e. The molecule has 1 aromatic heterocycles. The summed E-state index contributed by atoms with van der Waals surface area (Å²) in [6, 6.07) is 8.69. The summed E-state index contributed by atoms with van der Waals surface area (Å²) < 4.78 is 4.82. The van der Waals surface area contributed by atoms with Crippen LogP contribution >= 0.6 is 0 Å². The van der Waals surface area contributed by atoms with E-state index in [2.05, 4.69) is 34.1 Å². The fourth-order valence-electron chi connectivity index (χ4n) is 4.34. The number of aromatic nitrogens is 1. The highest BCUT2D eigenvalue weighted by molar-refractivity contribution is 5.88. The summed E-state index contributed by atoms with van der Waals surface area (Å²) >= 11 is 0. The summed E-state index contributed by atoms with van der Waals surface area (Å²) in [6.07, 6.45) is 3.68. The number of fused-ring (bicyclic) bond motifs is 5. The van der Waals surface area contributed by atoms with Gasteiger partial charge in [0.2, 0.25) is 0 Å². The number of H-pyrrole nitrogens is 1. The second-order valence-electron chi connectivity index (χ2n) is 6.66. The first-order chi connectivity index (χ1) is 11.7. The third kappa shape index (κ3) is 2.31. The van der Waals surface area contributed by atoms with Crippen molar-refractivity contribution in [3.63, 3.8) is 0 Å². The Labute approximate surface area is 140 Å². The zero-order chi connectivity index (χ0) is 16.7. The van der Waals surface area contributed by atoms with Crippen molar-refractivity contribution in [2.45, 2.75) is 25.3 Å². The largest absolute Gasteiger partial charge is 0.515 e. The van der Waals surface area contributed by atoms with E-state index >= 15 is 0 Å². The SMILES string of the molecule is COC(=O)/C(=C/O)[C@@H]1CCN2CCc3c([nH]c4ccccc34)[C@@H]2C1. The van der Waals surface area contributed by atoms with Crippen LogP contribution in [0.4, 0.5) is 0 Å². The molecule has 4 rings (SSSR count). The van der Waals surface area contributed by atoms with Gasteiger partial charge in [0.25, 0.3) is 0 Å². The number of aromatic amines is 1. The molecular formula is C19H22N2O3. The number of aliphatic hydroxyl groups is 1. The summed E-state index contributed by atoms with van der Waals surface area (Å²) in [5, 5.41) is 10.8. The molecule has 0 bridgehead atoms. The molecule has 2 atom stereocenters. The van der Waals surface area contributed by atoms with Gasteiger partial charge in [0.05, 0.1) is 25.0 Å². The van der Waals surface area contributed by atoms with Crippen LogP contribution < -0.4 is 0 Å². The number of methoxy groups -OCH3 is 1. The average Bonchev–Trinajstić information content (AvgIpc) is 3.01. The van der Waals surface area contributed by atoms with Gasteiger partial charge in [-0.2, -0.15) is 0 Å². The molecule has 1 saturated heterocycles. The van der Waals surface area contributed by atoms with Gasteiger partial charge in [0.1, 0.15) is 0 Å².